The number of hydrogen-bond donors (Lipinski definition) is 1. The van der Waals surface area contributed by atoms with Gasteiger partial charge >= 0.3 is 0 Å². The summed E-state index contributed by atoms with van der Waals surface area (Å²) in [5.41, 5.74) is 1.01. The molecule has 3 aliphatic rings. The summed E-state index contributed by atoms with van der Waals surface area (Å²) in [6.07, 6.45) is 4.58. The fourth-order valence-electron chi connectivity index (χ4n) is 2.49. The van der Waals surface area contributed by atoms with Gasteiger partial charge in [-0.2, -0.15) is 0 Å². The Morgan fingerprint density at radius 2 is 2.25 bits per heavy atom. The van der Waals surface area contributed by atoms with E-state index in [1.165, 1.54) is 19.4 Å². The third-order valence-corrected chi connectivity index (χ3v) is 3.21. The molecule has 0 spiro atoms. The minimum atomic E-state index is 0.634. The molecule has 2 heterocycles. The molecule has 1 saturated carbocycles. The topological polar surface area (TPSA) is 35.8 Å². The van der Waals surface area contributed by atoms with Gasteiger partial charge in [-0.15, -0.1) is 0 Å². The zero-order valence-corrected chi connectivity index (χ0v) is 7.53. The van der Waals surface area contributed by atoms with Gasteiger partial charge in [0.05, 0.1) is 5.71 Å². The molecule has 0 aromatic carbocycles. The van der Waals surface area contributed by atoms with Crippen molar-refractivity contribution in [3.63, 3.8) is 0 Å². The molecule has 3 rings (SSSR count). The minimum Gasteiger partial charge on any atom is -0.411 e. The molecule has 2 bridgehead atoms. The van der Waals surface area contributed by atoms with E-state index in [2.05, 4.69) is 17.1 Å². The second-order valence-electron chi connectivity index (χ2n) is 4.11. The summed E-state index contributed by atoms with van der Waals surface area (Å²) < 4.78 is 0. The molecule has 0 radical (unpaired) electrons. The van der Waals surface area contributed by atoms with Gasteiger partial charge in [0.2, 0.25) is 0 Å². The van der Waals surface area contributed by atoms with Gasteiger partial charge in [-0.25, -0.2) is 0 Å². The zero-order valence-electron chi connectivity index (χ0n) is 7.53. The van der Waals surface area contributed by atoms with Crippen LogP contribution in [0.1, 0.15) is 25.7 Å². The van der Waals surface area contributed by atoms with Crippen molar-refractivity contribution in [1.29, 1.82) is 0 Å². The standard InChI is InChI=1S/C9H16N2O/c1-11-6-7-2-3-9(11)5-8(4-7)10-12/h7,9,12H,2-6H2,1H3/b10-8-/t7-,9-/m0/s1. The van der Waals surface area contributed by atoms with Crippen LogP contribution in [0.5, 0.6) is 0 Å². The van der Waals surface area contributed by atoms with Gasteiger partial charge in [0, 0.05) is 19.0 Å². The minimum absolute atomic E-state index is 0.634. The molecular formula is C9H16N2O. The van der Waals surface area contributed by atoms with Gasteiger partial charge in [-0.3, -0.25) is 0 Å². The Bertz CT molecular complexity index is 203. The van der Waals surface area contributed by atoms with Crippen LogP contribution in [0.15, 0.2) is 5.16 Å². The summed E-state index contributed by atoms with van der Waals surface area (Å²) >= 11 is 0. The summed E-state index contributed by atoms with van der Waals surface area (Å²) in [5, 5.41) is 12.1. The number of nitrogens with zero attached hydrogens (tertiary/aromatic N) is 2. The molecule has 12 heavy (non-hydrogen) atoms. The fraction of sp³-hybridized carbons (Fsp3) is 0.889. The molecule has 68 valence electrons. The monoisotopic (exact) mass is 168 g/mol. The van der Waals surface area contributed by atoms with E-state index in [-0.39, 0.29) is 0 Å². The smallest absolute Gasteiger partial charge is 0.0589 e. The Labute approximate surface area is 73.1 Å². The van der Waals surface area contributed by atoms with E-state index in [1.807, 2.05) is 0 Å². The van der Waals surface area contributed by atoms with Crippen LogP contribution < -0.4 is 0 Å². The van der Waals surface area contributed by atoms with E-state index in [1.54, 1.807) is 0 Å². The van der Waals surface area contributed by atoms with Crippen LogP contribution in [0.25, 0.3) is 0 Å². The number of oxime groups is 1. The second kappa shape index (κ2) is 3.05. The van der Waals surface area contributed by atoms with Crippen molar-refractivity contribution >= 4 is 5.71 Å². The normalized spacial score (nSPS) is 40.2. The van der Waals surface area contributed by atoms with Gasteiger partial charge in [-0.05, 0) is 32.2 Å². The van der Waals surface area contributed by atoms with E-state index in [9.17, 15) is 0 Å². The van der Waals surface area contributed by atoms with Crippen LogP contribution in [0, 0.1) is 5.92 Å². The zero-order chi connectivity index (χ0) is 8.55. The molecule has 2 atom stereocenters. The first-order chi connectivity index (χ1) is 5.79. The van der Waals surface area contributed by atoms with E-state index in [0.29, 0.717) is 6.04 Å². The van der Waals surface area contributed by atoms with Crippen molar-refractivity contribution in [3.05, 3.63) is 0 Å². The molecule has 0 unspecified atom stereocenters. The largest absolute Gasteiger partial charge is 0.411 e. The highest BCUT2D eigenvalue weighted by molar-refractivity contribution is 5.85. The molecular weight excluding hydrogens is 152 g/mol. The lowest BCUT2D eigenvalue weighted by atomic mass is 9.95. The number of hydrogen-bond acceptors (Lipinski definition) is 3. The van der Waals surface area contributed by atoms with Crippen LogP contribution in [0.4, 0.5) is 0 Å². The molecule has 2 aliphatic heterocycles. The fourth-order valence-corrected chi connectivity index (χ4v) is 2.49. The molecule has 2 saturated heterocycles. The van der Waals surface area contributed by atoms with Crippen LogP contribution in [0.3, 0.4) is 0 Å². The lowest BCUT2D eigenvalue weighted by Crippen LogP contribution is -2.37. The van der Waals surface area contributed by atoms with Gasteiger partial charge < -0.3 is 10.1 Å². The number of rotatable bonds is 0. The Hall–Kier alpha value is -0.570. The maximum Gasteiger partial charge on any atom is 0.0589 e. The average molecular weight is 168 g/mol. The molecule has 0 amide bonds. The van der Waals surface area contributed by atoms with Gasteiger partial charge in [-0.1, -0.05) is 5.16 Å². The molecule has 3 heteroatoms. The van der Waals surface area contributed by atoms with Gasteiger partial charge in [0.15, 0.2) is 0 Å². The maximum absolute atomic E-state index is 8.74. The first kappa shape index (κ1) is 8.05. The van der Waals surface area contributed by atoms with Crippen LogP contribution in [0.2, 0.25) is 0 Å². The number of fused-ring (bicyclic) bond motifs is 4. The van der Waals surface area contributed by atoms with Crippen molar-refractivity contribution < 1.29 is 5.21 Å². The Balaban J connectivity index is 2.16. The van der Waals surface area contributed by atoms with Gasteiger partial charge in [0.1, 0.15) is 0 Å². The first-order valence-corrected chi connectivity index (χ1v) is 4.69. The molecule has 0 aromatic rings. The molecule has 1 N–H and O–H groups in total. The van der Waals surface area contributed by atoms with E-state index < -0.39 is 0 Å². The Kier molecular flexibility index (Phi) is 2.05. The highest BCUT2D eigenvalue weighted by Gasteiger charge is 2.31. The summed E-state index contributed by atoms with van der Waals surface area (Å²) in [5.74, 6) is 0.736. The molecule has 1 aliphatic carbocycles. The number of piperidine rings is 1. The molecule has 3 fully saturated rings. The van der Waals surface area contributed by atoms with Crippen molar-refractivity contribution in [3.8, 4) is 0 Å². The SMILES string of the molecule is CN1C[C@H]2CC[C@H]1C/C(=N\O)C2. The van der Waals surface area contributed by atoms with Crippen molar-refractivity contribution in [2.45, 2.75) is 31.7 Å². The van der Waals surface area contributed by atoms with Gasteiger partial charge in [0.25, 0.3) is 0 Å². The maximum atomic E-state index is 8.74. The van der Waals surface area contributed by atoms with E-state index in [4.69, 9.17) is 5.21 Å². The highest BCUT2D eigenvalue weighted by Crippen LogP contribution is 2.30. The van der Waals surface area contributed by atoms with Crippen LogP contribution in [-0.4, -0.2) is 35.5 Å². The first-order valence-electron chi connectivity index (χ1n) is 4.69. The van der Waals surface area contributed by atoms with Crippen LogP contribution in [-0.2, 0) is 0 Å². The highest BCUT2D eigenvalue weighted by atomic mass is 16.4. The predicted octanol–water partition coefficient (Wildman–Crippen LogP) is 1.32. The lowest BCUT2D eigenvalue weighted by Gasteiger charge is -2.32. The van der Waals surface area contributed by atoms with Crippen molar-refractivity contribution in [2.24, 2.45) is 11.1 Å². The summed E-state index contributed by atoms with van der Waals surface area (Å²) in [6.45, 7) is 1.18. The molecule has 3 nitrogen and oxygen atoms in total. The van der Waals surface area contributed by atoms with E-state index >= 15 is 0 Å². The third kappa shape index (κ3) is 1.33. The summed E-state index contributed by atoms with van der Waals surface area (Å²) in [6, 6.07) is 0.634. The summed E-state index contributed by atoms with van der Waals surface area (Å²) in [4.78, 5) is 2.41. The average Bonchev–Trinajstić information content (AvgIpc) is 2.34. The summed E-state index contributed by atoms with van der Waals surface area (Å²) in [7, 11) is 2.18. The quantitative estimate of drug-likeness (QED) is 0.437. The van der Waals surface area contributed by atoms with Crippen molar-refractivity contribution in [1.82, 2.24) is 4.90 Å². The lowest BCUT2D eigenvalue weighted by molar-refractivity contribution is 0.158. The van der Waals surface area contributed by atoms with Crippen LogP contribution >= 0.6 is 0 Å². The predicted molar refractivity (Wildman–Crippen MR) is 47.6 cm³/mol. The Morgan fingerprint density at radius 1 is 1.42 bits per heavy atom. The Morgan fingerprint density at radius 3 is 2.92 bits per heavy atom. The van der Waals surface area contributed by atoms with E-state index in [0.717, 1.165) is 24.5 Å². The second-order valence-corrected chi connectivity index (χ2v) is 4.11. The molecule has 0 aromatic heterocycles. The van der Waals surface area contributed by atoms with Crippen molar-refractivity contribution in [2.75, 3.05) is 13.6 Å². The third-order valence-electron chi connectivity index (χ3n) is 3.21.